The molecule has 0 aliphatic carbocycles. The zero-order valence-corrected chi connectivity index (χ0v) is 15.8. The molecule has 0 unspecified atom stereocenters. The van der Waals surface area contributed by atoms with E-state index in [4.69, 9.17) is 0 Å². The number of hydrogen-bond donors (Lipinski definition) is 2. The Hall–Kier alpha value is -3.27. The van der Waals surface area contributed by atoms with Crippen molar-refractivity contribution in [2.45, 2.75) is 19.0 Å². The van der Waals surface area contributed by atoms with Gasteiger partial charge in [0.15, 0.2) is 0 Å². The van der Waals surface area contributed by atoms with E-state index < -0.39 is 29.5 Å². The lowest BCUT2D eigenvalue weighted by Gasteiger charge is -2.15. The summed E-state index contributed by atoms with van der Waals surface area (Å²) >= 11 is 1.29. The summed E-state index contributed by atoms with van der Waals surface area (Å²) in [5.74, 6) is -1.42. The Morgan fingerprint density at radius 1 is 1.10 bits per heavy atom. The van der Waals surface area contributed by atoms with Crippen molar-refractivity contribution in [3.05, 3.63) is 70.3 Å². The molecule has 1 aromatic carbocycles. The number of rotatable bonds is 5. The summed E-state index contributed by atoms with van der Waals surface area (Å²) in [4.78, 5) is 32.3. The van der Waals surface area contributed by atoms with Crippen LogP contribution in [0.4, 0.5) is 24.7 Å². The summed E-state index contributed by atoms with van der Waals surface area (Å²) in [5.41, 5.74) is 1.59. The molecule has 0 saturated carbocycles. The fourth-order valence-electron chi connectivity index (χ4n) is 2.43. The van der Waals surface area contributed by atoms with Crippen LogP contribution in [0.1, 0.15) is 34.5 Å². The average Bonchev–Trinajstić information content (AvgIpc) is 3.23. The third-order valence-electron chi connectivity index (χ3n) is 4.04. The summed E-state index contributed by atoms with van der Waals surface area (Å²) in [7, 11) is 0. The van der Waals surface area contributed by atoms with Crippen molar-refractivity contribution >= 4 is 34.7 Å². The van der Waals surface area contributed by atoms with Gasteiger partial charge in [0.1, 0.15) is 11.5 Å². The van der Waals surface area contributed by atoms with E-state index in [9.17, 15) is 22.8 Å². The van der Waals surface area contributed by atoms with Gasteiger partial charge in [0.25, 0.3) is 5.91 Å². The van der Waals surface area contributed by atoms with E-state index in [0.29, 0.717) is 5.69 Å². The van der Waals surface area contributed by atoms with Crippen LogP contribution in [0.2, 0.25) is 0 Å². The number of halogens is 3. The molecule has 0 radical (unpaired) electrons. The van der Waals surface area contributed by atoms with Crippen molar-refractivity contribution in [1.82, 2.24) is 9.97 Å². The van der Waals surface area contributed by atoms with Crippen LogP contribution in [0.15, 0.2) is 53.5 Å². The average molecular weight is 420 g/mol. The van der Waals surface area contributed by atoms with Gasteiger partial charge in [-0.1, -0.05) is 18.2 Å². The fourth-order valence-corrected chi connectivity index (χ4v) is 2.97. The van der Waals surface area contributed by atoms with Gasteiger partial charge in [-0.15, -0.1) is 11.3 Å². The highest BCUT2D eigenvalue weighted by Gasteiger charge is 2.31. The van der Waals surface area contributed by atoms with Gasteiger partial charge in [-0.05, 0) is 30.7 Å². The number of hydrogen-bond acceptors (Lipinski definition) is 5. The fraction of sp³-hybridized carbons (Fsp3) is 0.158. The van der Waals surface area contributed by atoms with Crippen LogP contribution in [0, 0.1) is 0 Å². The minimum absolute atomic E-state index is 0.248. The molecule has 1 atom stereocenters. The molecule has 2 amide bonds. The first-order valence-electron chi connectivity index (χ1n) is 8.37. The van der Waals surface area contributed by atoms with E-state index in [2.05, 4.69) is 20.6 Å². The zero-order valence-electron chi connectivity index (χ0n) is 15.0. The number of carbonyl (C=O) groups excluding carboxylic acids is 2. The van der Waals surface area contributed by atoms with E-state index >= 15 is 0 Å². The number of amides is 2. The van der Waals surface area contributed by atoms with Gasteiger partial charge in [-0.2, -0.15) is 13.2 Å². The molecule has 3 aromatic rings. The lowest BCUT2D eigenvalue weighted by molar-refractivity contribution is -0.137. The first-order valence-corrected chi connectivity index (χ1v) is 9.32. The molecule has 2 aromatic heterocycles. The number of anilines is 2. The first-order chi connectivity index (χ1) is 13.7. The molecule has 150 valence electrons. The molecule has 3 rings (SSSR count). The molecule has 2 heterocycles. The molecule has 2 N–H and O–H groups in total. The highest BCUT2D eigenvalue weighted by Crippen LogP contribution is 2.31. The summed E-state index contributed by atoms with van der Waals surface area (Å²) in [6, 6.07) is 7.67. The Balaban J connectivity index is 1.64. The Morgan fingerprint density at radius 3 is 2.52 bits per heavy atom. The predicted molar refractivity (Wildman–Crippen MR) is 103 cm³/mol. The van der Waals surface area contributed by atoms with Gasteiger partial charge < -0.3 is 10.6 Å². The van der Waals surface area contributed by atoms with Crippen LogP contribution < -0.4 is 10.6 Å². The minimum atomic E-state index is -4.48. The maximum atomic E-state index is 12.9. The molecule has 29 heavy (non-hydrogen) atoms. The third-order valence-corrected chi connectivity index (χ3v) is 4.63. The lowest BCUT2D eigenvalue weighted by atomic mass is 9.98. The van der Waals surface area contributed by atoms with E-state index in [1.54, 1.807) is 5.38 Å². The summed E-state index contributed by atoms with van der Waals surface area (Å²) in [6.45, 7) is 1.51. The second-order valence-electron chi connectivity index (χ2n) is 6.09. The molecule has 0 aliphatic heterocycles. The Morgan fingerprint density at radius 2 is 1.90 bits per heavy atom. The number of pyridine rings is 1. The number of thiazole rings is 1. The smallest absolute Gasteiger partial charge is 0.324 e. The van der Waals surface area contributed by atoms with E-state index in [1.165, 1.54) is 54.2 Å². The van der Waals surface area contributed by atoms with E-state index in [1.807, 2.05) is 0 Å². The van der Waals surface area contributed by atoms with Crippen LogP contribution in [0.3, 0.4) is 0 Å². The van der Waals surface area contributed by atoms with Gasteiger partial charge >= 0.3 is 6.18 Å². The Labute approximate surface area is 167 Å². The van der Waals surface area contributed by atoms with Crippen molar-refractivity contribution in [2.75, 3.05) is 10.6 Å². The minimum Gasteiger partial charge on any atom is -0.324 e. The molecule has 0 fully saturated rings. The molecular formula is C19H15F3N4O2S. The molecule has 6 nitrogen and oxygen atoms in total. The van der Waals surface area contributed by atoms with Crippen LogP contribution >= 0.6 is 11.3 Å². The van der Waals surface area contributed by atoms with Crippen LogP contribution in [-0.4, -0.2) is 21.8 Å². The van der Waals surface area contributed by atoms with Crippen LogP contribution in [-0.2, 0) is 11.0 Å². The van der Waals surface area contributed by atoms with Crippen molar-refractivity contribution in [1.29, 1.82) is 0 Å². The van der Waals surface area contributed by atoms with Gasteiger partial charge in [-0.3, -0.25) is 9.59 Å². The van der Waals surface area contributed by atoms with Crippen LogP contribution in [0.25, 0.3) is 0 Å². The first kappa shape index (κ1) is 20.5. The molecular weight excluding hydrogens is 405 g/mol. The molecule has 0 aliphatic rings. The zero-order chi connectivity index (χ0) is 21.0. The van der Waals surface area contributed by atoms with Gasteiger partial charge in [0.2, 0.25) is 5.91 Å². The SMILES string of the molecule is C[C@H](C(=O)Nc1ccc(NC(=O)c2cscn2)nc1)c1cccc(C(F)(F)F)c1. The van der Waals surface area contributed by atoms with Crippen molar-refractivity contribution < 1.29 is 22.8 Å². The summed E-state index contributed by atoms with van der Waals surface area (Å²) in [6.07, 6.45) is -3.14. The molecule has 0 bridgehead atoms. The molecule has 0 spiro atoms. The topological polar surface area (TPSA) is 84.0 Å². The van der Waals surface area contributed by atoms with Gasteiger partial charge in [-0.25, -0.2) is 9.97 Å². The molecule has 0 saturated heterocycles. The summed E-state index contributed by atoms with van der Waals surface area (Å²) < 4.78 is 38.6. The highest BCUT2D eigenvalue weighted by molar-refractivity contribution is 7.07. The monoisotopic (exact) mass is 420 g/mol. The highest BCUT2D eigenvalue weighted by atomic mass is 32.1. The third kappa shape index (κ3) is 5.17. The van der Waals surface area contributed by atoms with Crippen molar-refractivity contribution in [3.63, 3.8) is 0 Å². The van der Waals surface area contributed by atoms with E-state index in [-0.39, 0.29) is 17.1 Å². The Bertz CT molecular complexity index is 1010. The number of nitrogens with one attached hydrogen (secondary N) is 2. The normalized spacial score (nSPS) is 12.3. The number of alkyl halides is 3. The molecule has 10 heteroatoms. The van der Waals surface area contributed by atoms with Gasteiger partial charge in [0.05, 0.1) is 28.9 Å². The second-order valence-corrected chi connectivity index (χ2v) is 6.81. The lowest BCUT2D eigenvalue weighted by Crippen LogP contribution is -2.19. The van der Waals surface area contributed by atoms with Gasteiger partial charge in [0, 0.05) is 5.38 Å². The maximum Gasteiger partial charge on any atom is 0.416 e. The number of carbonyl (C=O) groups is 2. The predicted octanol–water partition coefficient (Wildman–Crippen LogP) is 4.55. The van der Waals surface area contributed by atoms with Crippen molar-refractivity contribution in [2.24, 2.45) is 0 Å². The largest absolute Gasteiger partial charge is 0.416 e. The van der Waals surface area contributed by atoms with Crippen LogP contribution in [0.5, 0.6) is 0 Å². The number of nitrogens with zero attached hydrogens (tertiary/aromatic N) is 2. The number of benzene rings is 1. The Kier molecular flexibility index (Phi) is 5.92. The standard InChI is InChI=1S/C19H15F3N4O2S/c1-11(12-3-2-4-13(7-12)19(20,21)22)17(27)25-14-5-6-16(23-8-14)26-18(28)15-9-29-10-24-15/h2-11H,1H3,(H,25,27)(H,23,26,28)/t11-/m0/s1. The number of aromatic nitrogens is 2. The quantitative estimate of drug-likeness (QED) is 0.634. The van der Waals surface area contributed by atoms with E-state index in [0.717, 1.165) is 12.1 Å². The summed E-state index contributed by atoms with van der Waals surface area (Å²) in [5, 5.41) is 6.77. The van der Waals surface area contributed by atoms with Crippen molar-refractivity contribution in [3.8, 4) is 0 Å². The maximum absolute atomic E-state index is 12.9. The second kappa shape index (κ2) is 8.39.